The van der Waals surface area contributed by atoms with Crippen LogP contribution in [0.25, 0.3) is 50.2 Å². The number of fused-ring (bicyclic) bond motifs is 8. The highest BCUT2D eigenvalue weighted by molar-refractivity contribution is 6.10. The SMILES string of the molecule is C=Nc1ccc2c(c1CCc1ccc3c(c1)C1C(C)C=CC1C=C3)-c1cc(N(c3cccc(-c4ccccc4)c3)c3ccccc3-c3ccccc3)c3ccccc3c1C2(c1ccccc1)c1ccccc1. The van der Waals surface area contributed by atoms with Crippen molar-refractivity contribution in [3.05, 3.63) is 293 Å². The number of hydrogen-bond acceptors (Lipinski definition) is 2. The summed E-state index contributed by atoms with van der Waals surface area (Å²) >= 11 is 0. The summed E-state index contributed by atoms with van der Waals surface area (Å²) in [4.78, 5) is 7.39. The van der Waals surface area contributed by atoms with Crippen molar-refractivity contribution < 1.29 is 0 Å². The smallest absolute Gasteiger partial charge is 0.0719 e. The van der Waals surface area contributed by atoms with E-state index >= 15 is 0 Å². The first-order valence-electron chi connectivity index (χ1n) is 25.5. The molecule has 3 unspecified atom stereocenters. The van der Waals surface area contributed by atoms with Crippen LogP contribution in [0.4, 0.5) is 22.7 Å². The Morgan fingerprint density at radius 2 is 1.17 bits per heavy atom. The van der Waals surface area contributed by atoms with Gasteiger partial charge in [-0.25, -0.2) is 0 Å². The van der Waals surface area contributed by atoms with Gasteiger partial charge in [0, 0.05) is 28.5 Å². The monoisotopic (exact) mass is 922 g/mol. The largest absolute Gasteiger partial charge is 0.309 e. The van der Waals surface area contributed by atoms with Crippen molar-refractivity contribution in [3.8, 4) is 33.4 Å². The van der Waals surface area contributed by atoms with Crippen LogP contribution in [0.1, 0.15) is 57.3 Å². The third-order valence-corrected chi connectivity index (χ3v) is 15.9. The molecule has 10 aromatic carbocycles. The quantitative estimate of drug-likeness (QED) is 0.0932. The summed E-state index contributed by atoms with van der Waals surface area (Å²) in [6.07, 6.45) is 11.2. The zero-order valence-electron chi connectivity index (χ0n) is 40.5. The van der Waals surface area contributed by atoms with Crippen LogP contribution in [0.5, 0.6) is 0 Å². The Balaban J connectivity index is 1.10. The van der Waals surface area contributed by atoms with Crippen molar-refractivity contribution in [1.82, 2.24) is 0 Å². The lowest BCUT2D eigenvalue weighted by molar-refractivity contribution is 0.516. The fourth-order valence-corrected chi connectivity index (χ4v) is 12.7. The highest BCUT2D eigenvalue weighted by Gasteiger charge is 2.49. The van der Waals surface area contributed by atoms with Crippen LogP contribution in [-0.4, -0.2) is 6.72 Å². The van der Waals surface area contributed by atoms with Gasteiger partial charge in [0.25, 0.3) is 0 Å². The van der Waals surface area contributed by atoms with Gasteiger partial charge >= 0.3 is 0 Å². The number of hydrogen-bond donors (Lipinski definition) is 0. The molecule has 0 N–H and O–H groups in total. The Labute approximate surface area is 423 Å². The van der Waals surface area contributed by atoms with Crippen LogP contribution in [0.3, 0.4) is 0 Å². The summed E-state index contributed by atoms with van der Waals surface area (Å²) in [7, 11) is 0. The molecule has 2 nitrogen and oxygen atoms in total. The average molecular weight is 923 g/mol. The molecule has 13 rings (SSSR count). The van der Waals surface area contributed by atoms with Gasteiger partial charge in [-0.3, -0.25) is 4.99 Å². The first-order chi connectivity index (χ1) is 35.6. The normalized spacial score (nSPS) is 16.7. The number of aryl methyl sites for hydroxylation is 1. The maximum atomic E-state index is 4.87. The number of nitrogens with zero attached hydrogens (tertiary/aromatic N) is 2. The van der Waals surface area contributed by atoms with E-state index in [-0.39, 0.29) is 0 Å². The van der Waals surface area contributed by atoms with Crippen LogP contribution in [0.15, 0.2) is 254 Å². The molecule has 0 heterocycles. The van der Waals surface area contributed by atoms with E-state index in [0.29, 0.717) is 17.8 Å². The molecular formula is C70H54N2. The topological polar surface area (TPSA) is 15.6 Å². The Morgan fingerprint density at radius 1 is 0.514 bits per heavy atom. The van der Waals surface area contributed by atoms with E-state index in [1.54, 1.807) is 0 Å². The second-order valence-electron chi connectivity index (χ2n) is 19.8. The van der Waals surface area contributed by atoms with Gasteiger partial charge in [-0.15, -0.1) is 0 Å². The minimum Gasteiger partial charge on any atom is -0.309 e. The Morgan fingerprint density at radius 3 is 1.90 bits per heavy atom. The van der Waals surface area contributed by atoms with Crippen molar-refractivity contribution >= 4 is 46.3 Å². The average Bonchev–Trinajstić information content (AvgIpc) is 3.99. The fourth-order valence-electron chi connectivity index (χ4n) is 12.7. The highest BCUT2D eigenvalue weighted by atomic mass is 15.1. The summed E-state index contributed by atoms with van der Waals surface area (Å²) in [5.41, 5.74) is 21.1. The van der Waals surface area contributed by atoms with E-state index in [0.717, 1.165) is 52.3 Å². The predicted molar refractivity (Wildman–Crippen MR) is 303 cm³/mol. The molecule has 0 bridgehead atoms. The third-order valence-electron chi connectivity index (χ3n) is 15.9. The van der Waals surface area contributed by atoms with E-state index in [1.807, 2.05) is 0 Å². The molecule has 2 heteroatoms. The van der Waals surface area contributed by atoms with E-state index in [1.165, 1.54) is 72.0 Å². The number of benzene rings is 10. The summed E-state index contributed by atoms with van der Waals surface area (Å²) in [6, 6.07) is 85.4. The molecule has 0 aliphatic heterocycles. The molecule has 0 saturated carbocycles. The summed E-state index contributed by atoms with van der Waals surface area (Å²) < 4.78 is 0. The molecule has 10 aromatic rings. The number of para-hydroxylation sites is 1. The number of anilines is 3. The Bertz CT molecular complexity index is 3700. The van der Waals surface area contributed by atoms with Gasteiger partial charge < -0.3 is 4.90 Å². The zero-order chi connectivity index (χ0) is 48.2. The maximum Gasteiger partial charge on any atom is 0.0719 e. The van der Waals surface area contributed by atoms with Gasteiger partial charge in [0.1, 0.15) is 0 Å². The molecule has 0 spiro atoms. The second kappa shape index (κ2) is 18.0. The van der Waals surface area contributed by atoms with E-state index in [2.05, 4.69) is 273 Å². The summed E-state index contributed by atoms with van der Waals surface area (Å²) in [5, 5.41) is 2.39. The maximum absolute atomic E-state index is 4.87. The van der Waals surface area contributed by atoms with Crippen molar-refractivity contribution in [1.29, 1.82) is 0 Å². The molecule has 3 aliphatic rings. The summed E-state index contributed by atoms with van der Waals surface area (Å²) in [6.45, 7) is 6.63. The van der Waals surface area contributed by atoms with Crippen LogP contribution in [0.2, 0.25) is 0 Å². The van der Waals surface area contributed by atoms with Crippen molar-refractivity contribution in [2.75, 3.05) is 4.90 Å². The first kappa shape index (κ1) is 43.4. The van der Waals surface area contributed by atoms with Gasteiger partial charge in [-0.2, -0.15) is 0 Å². The predicted octanol–water partition coefficient (Wildman–Crippen LogP) is 18.1. The molecule has 3 atom stereocenters. The standard InChI is InChI=1S/C70H54N2/c1-47-34-37-52-40-39-51-38-35-48(44-61(51)67(47)52)36-41-60-64(71-2)43-42-63-68(60)62-46-66(58-31-15-16-32-59(58)69(62)70(63,54-25-11-5-12-26-54)55-27-13-6-14-28-55)72(56-29-19-24-53(45-56)49-20-7-3-8-21-49)65-33-18-17-30-57(65)50-22-9-4-10-23-50/h3-35,37-40,42-47,52,67H,2,36,41H2,1H3. The highest BCUT2D eigenvalue weighted by Crippen LogP contribution is 2.62. The van der Waals surface area contributed by atoms with Crippen molar-refractivity contribution in [2.45, 2.75) is 31.1 Å². The molecule has 0 amide bonds. The molecule has 344 valence electrons. The summed E-state index contributed by atoms with van der Waals surface area (Å²) in [5.74, 6) is 1.45. The Kier molecular flexibility index (Phi) is 10.8. The second-order valence-corrected chi connectivity index (χ2v) is 19.8. The zero-order valence-corrected chi connectivity index (χ0v) is 40.5. The van der Waals surface area contributed by atoms with Crippen LogP contribution in [0, 0.1) is 11.8 Å². The van der Waals surface area contributed by atoms with E-state index < -0.39 is 5.41 Å². The van der Waals surface area contributed by atoms with Crippen LogP contribution in [-0.2, 0) is 18.3 Å². The lowest BCUT2D eigenvalue weighted by atomic mass is 9.66. The van der Waals surface area contributed by atoms with Gasteiger partial charge in [0.15, 0.2) is 0 Å². The number of allylic oxidation sites excluding steroid dienone is 3. The van der Waals surface area contributed by atoms with E-state index in [9.17, 15) is 0 Å². The number of aliphatic imine (C=N–C) groups is 1. The lowest BCUT2D eigenvalue weighted by Gasteiger charge is -2.36. The fraction of sp³-hybridized carbons (Fsp3) is 0.100. The van der Waals surface area contributed by atoms with Crippen molar-refractivity contribution in [2.24, 2.45) is 16.8 Å². The van der Waals surface area contributed by atoms with Gasteiger partial charge in [0.05, 0.1) is 22.5 Å². The Hall–Kier alpha value is -8.59. The molecular weight excluding hydrogens is 869 g/mol. The molecule has 0 radical (unpaired) electrons. The van der Waals surface area contributed by atoms with Crippen LogP contribution >= 0.6 is 0 Å². The third kappa shape index (κ3) is 7.04. The van der Waals surface area contributed by atoms with Crippen LogP contribution < -0.4 is 4.90 Å². The van der Waals surface area contributed by atoms with Gasteiger partial charge in [0.2, 0.25) is 0 Å². The molecule has 0 aromatic heterocycles. The molecule has 0 fully saturated rings. The minimum atomic E-state index is -0.654. The molecule has 72 heavy (non-hydrogen) atoms. The number of rotatable bonds is 11. The molecule has 0 saturated heterocycles. The van der Waals surface area contributed by atoms with Gasteiger partial charge in [-0.05, 0) is 134 Å². The minimum absolute atomic E-state index is 0.460. The van der Waals surface area contributed by atoms with E-state index in [4.69, 9.17) is 4.99 Å². The van der Waals surface area contributed by atoms with Crippen molar-refractivity contribution in [3.63, 3.8) is 0 Å². The first-order valence-corrected chi connectivity index (χ1v) is 25.5. The van der Waals surface area contributed by atoms with Gasteiger partial charge in [-0.1, -0.05) is 231 Å². The molecule has 3 aliphatic carbocycles. The lowest BCUT2D eigenvalue weighted by Crippen LogP contribution is -2.29.